The van der Waals surface area contributed by atoms with Crippen LogP contribution in [-0.2, 0) is 0 Å². The Morgan fingerprint density at radius 3 is 3.00 bits per heavy atom. The van der Waals surface area contributed by atoms with Crippen LogP contribution >= 0.6 is 15.9 Å². The molecule has 3 nitrogen and oxygen atoms in total. The fourth-order valence-electron chi connectivity index (χ4n) is 2.32. The smallest absolute Gasteiger partial charge is 0.194 e. The van der Waals surface area contributed by atoms with Gasteiger partial charge in [0.05, 0.1) is 11.0 Å². The summed E-state index contributed by atoms with van der Waals surface area (Å²) in [5.41, 5.74) is 1.06. The molecule has 1 aliphatic heterocycles. The van der Waals surface area contributed by atoms with Crippen molar-refractivity contribution in [3.63, 3.8) is 0 Å². The molecule has 18 heavy (non-hydrogen) atoms. The van der Waals surface area contributed by atoms with Gasteiger partial charge in [0, 0.05) is 25.6 Å². The quantitative estimate of drug-likeness (QED) is 0.908. The van der Waals surface area contributed by atoms with E-state index in [1.165, 1.54) is 0 Å². The summed E-state index contributed by atoms with van der Waals surface area (Å²) in [7, 11) is 2.04. The summed E-state index contributed by atoms with van der Waals surface area (Å²) in [6.07, 6.45) is 1.05. The Hall–Kier alpha value is -1.10. The maximum absolute atomic E-state index is 13.5. The largest absolute Gasteiger partial charge is 0.353 e. The predicted octanol–water partition coefficient (Wildman–Crippen LogP) is 2.34. The summed E-state index contributed by atoms with van der Waals surface area (Å²) in [5, 5.41) is 3.43. The van der Waals surface area contributed by atoms with E-state index in [0.717, 1.165) is 31.0 Å². The van der Waals surface area contributed by atoms with Crippen molar-refractivity contribution in [2.75, 3.05) is 20.1 Å². The first kappa shape index (κ1) is 12.0. The normalized spacial score (nSPS) is 26.2. The Kier molecular flexibility index (Phi) is 3.01. The molecule has 1 saturated carbocycles. The number of halogens is 2. The molecule has 0 saturated heterocycles. The molecule has 1 heterocycles. The first-order valence-corrected chi connectivity index (χ1v) is 6.91. The number of rotatable bonds is 2. The van der Waals surface area contributed by atoms with Crippen molar-refractivity contribution in [1.82, 2.24) is 10.2 Å². The minimum absolute atomic E-state index is 0.187. The number of likely N-dealkylation sites (N-methyl/N-ethyl adjacent to an activating group) is 1. The molecule has 1 fully saturated rings. The van der Waals surface area contributed by atoms with Gasteiger partial charge in [-0.3, -0.25) is 4.99 Å². The lowest BCUT2D eigenvalue weighted by molar-refractivity contribution is 0.532. The van der Waals surface area contributed by atoms with Crippen LogP contribution in [0.2, 0.25) is 0 Å². The third-order valence-corrected chi connectivity index (χ3v) is 4.18. The lowest BCUT2D eigenvalue weighted by Gasteiger charge is -2.15. The molecular weight excluding hydrogens is 297 g/mol. The average molecular weight is 312 g/mol. The summed E-state index contributed by atoms with van der Waals surface area (Å²) in [5.74, 6) is 1.19. The van der Waals surface area contributed by atoms with Gasteiger partial charge in [-0.1, -0.05) is 6.07 Å². The molecule has 0 bridgehead atoms. The molecule has 5 heteroatoms. The van der Waals surface area contributed by atoms with Crippen LogP contribution in [0.3, 0.4) is 0 Å². The van der Waals surface area contributed by atoms with Gasteiger partial charge in [-0.25, -0.2) is 4.39 Å². The minimum atomic E-state index is -0.187. The van der Waals surface area contributed by atoms with Crippen molar-refractivity contribution in [2.45, 2.75) is 18.4 Å². The topological polar surface area (TPSA) is 27.6 Å². The second-order valence-electron chi connectivity index (χ2n) is 4.89. The van der Waals surface area contributed by atoms with Gasteiger partial charge >= 0.3 is 0 Å². The van der Waals surface area contributed by atoms with Crippen LogP contribution in [0.1, 0.15) is 17.9 Å². The monoisotopic (exact) mass is 311 g/mol. The highest BCUT2D eigenvalue weighted by Crippen LogP contribution is 2.41. The number of guanidine groups is 1. The highest BCUT2D eigenvalue weighted by molar-refractivity contribution is 9.10. The van der Waals surface area contributed by atoms with Crippen LogP contribution in [0, 0.1) is 5.82 Å². The first-order chi connectivity index (χ1) is 8.65. The highest BCUT2D eigenvalue weighted by atomic mass is 79.9. The number of nitrogens with zero attached hydrogens (tertiary/aromatic N) is 2. The van der Waals surface area contributed by atoms with Crippen molar-refractivity contribution >= 4 is 21.9 Å². The molecule has 1 aromatic carbocycles. The molecular formula is C13H15BrFN3. The van der Waals surface area contributed by atoms with E-state index < -0.39 is 0 Å². The Morgan fingerprint density at radius 2 is 2.33 bits per heavy atom. The maximum Gasteiger partial charge on any atom is 0.194 e. The second kappa shape index (κ2) is 4.53. The van der Waals surface area contributed by atoms with Crippen LogP contribution in [0.4, 0.5) is 4.39 Å². The maximum atomic E-state index is 13.5. The predicted molar refractivity (Wildman–Crippen MR) is 73.3 cm³/mol. The van der Waals surface area contributed by atoms with Crippen LogP contribution in [0.5, 0.6) is 0 Å². The Balaban J connectivity index is 1.65. The molecule has 2 atom stereocenters. The molecule has 96 valence electrons. The van der Waals surface area contributed by atoms with Gasteiger partial charge in [-0.2, -0.15) is 0 Å². The summed E-state index contributed by atoms with van der Waals surface area (Å²) in [4.78, 5) is 6.53. The van der Waals surface area contributed by atoms with Crippen LogP contribution in [0.15, 0.2) is 27.7 Å². The molecule has 1 aromatic rings. The van der Waals surface area contributed by atoms with Crippen molar-refractivity contribution in [1.29, 1.82) is 0 Å². The van der Waals surface area contributed by atoms with E-state index in [1.54, 1.807) is 12.1 Å². The van der Waals surface area contributed by atoms with Crippen LogP contribution in [-0.4, -0.2) is 37.0 Å². The lowest BCUT2D eigenvalue weighted by Crippen LogP contribution is -2.37. The molecule has 0 spiro atoms. The van der Waals surface area contributed by atoms with Gasteiger partial charge in [-0.05, 0) is 40.0 Å². The van der Waals surface area contributed by atoms with Gasteiger partial charge in [-0.15, -0.1) is 0 Å². The molecule has 0 unspecified atom stereocenters. The van der Waals surface area contributed by atoms with Crippen molar-refractivity contribution in [3.8, 4) is 0 Å². The third-order valence-electron chi connectivity index (χ3n) is 3.54. The number of nitrogens with one attached hydrogen (secondary N) is 1. The highest BCUT2D eigenvalue weighted by Gasteiger charge is 2.40. The summed E-state index contributed by atoms with van der Waals surface area (Å²) in [6.45, 7) is 1.84. The SMILES string of the molecule is CN1CCN=C1N[C@@H]1C[C@H]1c1ccc(Br)c(F)c1. The molecule has 3 rings (SSSR count). The zero-order valence-corrected chi connectivity index (χ0v) is 11.7. The molecule has 2 aliphatic rings. The van der Waals surface area contributed by atoms with E-state index in [1.807, 2.05) is 13.1 Å². The fraction of sp³-hybridized carbons (Fsp3) is 0.462. The van der Waals surface area contributed by atoms with E-state index in [2.05, 4.69) is 31.1 Å². The minimum Gasteiger partial charge on any atom is -0.353 e. The molecule has 1 aliphatic carbocycles. The Bertz CT molecular complexity index is 503. The van der Waals surface area contributed by atoms with Gasteiger partial charge in [0.25, 0.3) is 0 Å². The van der Waals surface area contributed by atoms with Crippen molar-refractivity contribution < 1.29 is 4.39 Å². The van der Waals surface area contributed by atoms with Gasteiger partial charge in [0.15, 0.2) is 5.96 Å². The lowest BCUT2D eigenvalue weighted by atomic mass is 10.1. The second-order valence-corrected chi connectivity index (χ2v) is 5.75. The Morgan fingerprint density at radius 1 is 1.50 bits per heavy atom. The average Bonchev–Trinajstić information content (AvgIpc) is 2.99. The number of hydrogen-bond acceptors (Lipinski definition) is 3. The van der Waals surface area contributed by atoms with E-state index in [0.29, 0.717) is 16.4 Å². The fourth-order valence-corrected chi connectivity index (χ4v) is 2.57. The summed E-state index contributed by atoms with van der Waals surface area (Å²) in [6, 6.07) is 5.78. The number of benzene rings is 1. The standard InChI is InChI=1S/C13H15BrFN3/c1-18-5-4-16-13(18)17-12-7-9(12)8-2-3-10(14)11(15)6-8/h2-3,6,9,12H,4-5,7H2,1H3,(H,16,17)/t9-,12+/m0/s1. The van der Waals surface area contributed by atoms with E-state index in [4.69, 9.17) is 0 Å². The zero-order chi connectivity index (χ0) is 12.7. The third kappa shape index (κ3) is 2.23. The molecule has 0 aromatic heterocycles. The molecule has 0 amide bonds. The van der Waals surface area contributed by atoms with Crippen LogP contribution < -0.4 is 5.32 Å². The molecule has 1 N–H and O–H groups in total. The van der Waals surface area contributed by atoms with Crippen molar-refractivity contribution in [2.24, 2.45) is 4.99 Å². The Labute approximate surface area is 114 Å². The summed E-state index contributed by atoms with van der Waals surface area (Å²) < 4.78 is 14.0. The van der Waals surface area contributed by atoms with Gasteiger partial charge < -0.3 is 10.2 Å². The zero-order valence-electron chi connectivity index (χ0n) is 10.2. The van der Waals surface area contributed by atoms with E-state index in [9.17, 15) is 4.39 Å². The first-order valence-electron chi connectivity index (χ1n) is 6.12. The molecule has 0 radical (unpaired) electrons. The van der Waals surface area contributed by atoms with Crippen LogP contribution in [0.25, 0.3) is 0 Å². The van der Waals surface area contributed by atoms with Crippen molar-refractivity contribution in [3.05, 3.63) is 34.1 Å². The number of hydrogen-bond donors (Lipinski definition) is 1. The van der Waals surface area contributed by atoms with Gasteiger partial charge in [0.2, 0.25) is 0 Å². The number of aliphatic imine (C=N–C) groups is 1. The van der Waals surface area contributed by atoms with E-state index >= 15 is 0 Å². The van der Waals surface area contributed by atoms with E-state index in [-0.39, 0.29) is 5.82 Å². The van der Waals surface area contributed by atoms with Gasteiger partial charge in [0.1, 0.15) is 5.82 Å². The summed E-state index contributed by atoms with van der Waals surface area (Å²) >= 11 is 3.18.